The molecular formula is C9H14O. The Kier molecular flexibility index (Phi) is 1.19. The van der Waals surface area contributed by atoms with Gasteiger partial charge in [0.2, 0.25) is 0 Å². The van der Waals surface area contributed by atoms with Crippen LogP contribution in [0.3, 0.4) is 0 Å². The van der Waals surface area contributed by atoms with Crippen LogP contribution in [0.5, 0.6) is 0 Å². The molecule has 1 heteroatoms. The van der Waals surface area contributed by atoms with Crippen LogP contribution in [0.2, 0.25) is 0 Å². The molecule has 1 saturated carbocycles. The Balaban J connectivity index is 2.37. The Morgan fingerprint density at radius 2 is 1.50 bits per heavy atom. The highest BCUT2D eigenvalue weighted by atomic mass is 16.3. The van der Waals surface area contributed by atoms with Crippen LogP contribution in [-0.2, 0) is 0 Å². The molecule has 1 fully saturated rings. The third-order valence-electron chi connectivity index (χ3n) is 3.35. The average molecular weight is 138 g/mol. The summed E-state index contributed by atoms with van der Waals surface area (Å²) < 4.78 is 0. The maximum absolute atomic E-state index is 9.63. The Bertz CT molecular complexity index is 173. The second-order valence-corrected chi connectivity index (χ2v) is 3.65. The molecule has 0 aromatic carbocycles. The van der Waals surface area contributed by atoms with Crippen molar-refractivity contribution in [1.82, 2.24) is 0 Å². The van der Waals surface area contributed by atoms with E-state index in [1.807, 2.05) is 0 Å². The van der Waals surface area contributed by atoms with Gasteiger partial charge in [0, 0.05) is 11.8 Å². The van der Waals surface area contributed by atoms with Crippen LogP contribution >= 0.6 is 0 Å². The molecule has 0 saturated heterocycles. The monoisotopic (exact) mass is 138 g/mol. The maximum Gasteiger partial charge on any atom is 0.0670 e. The number of aliphatic hydroxyl groups excluding tert-OH is 1. The lowest BCUT2D eigenvalue weighted by Gasteiger charge is -2.11. The summed E-state index contributed by atoms with van der Waals surface area (Å²) in [6, 6.07) is 0. The predicted molar refractivity (Wildman–Crippen MR) is 40.6 cm³/mol. The summed E-state index contributed by atoms with van der Waals surface area (Å²) in [5.41, 5.74) is 2.92. The van der Waals surface area contributed by atoms with Gasteiger partial charge in [0.15, 0.2) is 0 Å². The van der Waals surface area contributed by atoms with Crippen molar-refractivity contribution in [2.75, 3.05) is 0 Å². The predicted octanol–water partition coefficient (Wildman–Crippen LogP) is 1.72. The molecule has 56 valence electrons. The van der Waals surface area contributed by atoms with Gasteiger partial charge in [-0.15, -0.1) is 0 Å². The van der Waals surface area contributed by atoms with Gasteiger partial charge in [0.05, 0.1) is 6.10 Å². The SMILES string of the molecule is CC1=C(C)[C@@H]2CC[C@H]1C2O. The molecule has 0 aromatic rings. The van der Waals surface area contributed by atoms with Gasteiger partial charge in [-0.1, -0.05) is 11.1 Å². The summed E-state index contributed by atoms with van der Waals surface area (Å²) in [5.74, 6) is 1.04. The van der Waals surface area contributed by atoms with E-state index in [4.69, 9.17) is 0 Å². The molecule has 0 aliphatic heterocycles. The first-order valence-electron chi connectivity index (χ1n) is 4.07. The first-order chi connectivity index (χ1) is 4.72. The summed E-state index contributed by atoms with van der Waals surface area (Å²) in [6.45, 7) is 4.34. The summed E-state index contributed by atoms with van der Waals surface area (Å²) >= 11 is 0. The largest absolute Gasteiger partial charge is 0.392 e. The molecule has 2 bridgehead atoms. The molecule has 2 rings (SSSR count). The third-order valence-corrected chi connectivity index (χ3v) is 3.35. The molecule has 0 amide bonds. The second-order valence-electron chi connectivity index (χ2n) is 3.65. The minimum absolute atomic E-state index is 0.0278. The smallest absolute Gasteiger partial charge is 0.0670 e. The Labute approximate surface area is 61.8 Å². The molecule has 3 atom stereocenters. The lowest BCUT2D eigenvalue weighted by Crippen LogP contribution is -2.13. The highest BCUT2D eigenvalue weighted by molar-refractivity contribution is 5.29. The van der Waals surface area contributed by atoms with Crippen LogP contribution in [0.1, 0.15) is 26.7 Å². The summed E-state index contributed by atoms with van der Waals surface area (Å²) in [4.78, 5) is 0. The zero-order valence-corrected chi connectivity index (χ0v) is 6.59. The topological polar surface area (TPSA) is 20.2 Å². The van der Waals surface area contributed by atoms with E-state index >= 15 is 0 Å². The highest BCUT2D eigenvalue weighted by Gasteiger charge is 2.42. The van der Waals surface area contributed by atoms with E-state index < -0.39 is 0 Å². The lowest BCUT2D eigenvalue weighted by atomic mass is 9.94. The Morgan fingerprint density at radius 3 is 1.70 bits per heavy atom. The summed E-state index contributed by atoms with van der Waals surface area (Å²) in [7, 11) is 0. The fraction of sp³-hybridized carbons (Fsp3) is 0.778. The van der Waals surface area contributed by atoms with E-state index in [0.29, 0.717) is 11.8 Å². The number of hydrogen-bond donors (Lipinski definition) is 1. The number of hydrogen-bond acceptors (Lipinski definition) is 1. The second kappa shape index (κ2) is 1.85. The van der Waals surface area contributed by atoms with Crippen LogP contribution in [0.25, 0.3) is 0 Å². The van der Waals surface area contributed by atoms with Gasteiger partial charge in [-0.25, -0.2) is 0 Å². The van der Waals surface area contributed by atoms with Gasteiger partial charge in [-0.2, -0.15) is 0 Å². The molecule has 1 N–H and O–H groups in total. The van der Waals surface area contributed by atoms with E-state index in [1.54, 1.807) is 0 Å². The van der Waals surface area contributed by atoms with Crippen molar-refractivity contribution in [3.8, 4) is 0 Å². The lowest BCUT2D eigenvalue weighted by molar-refractivity contribution is 0.132. The van der Waals surface area contributed by atoms with Crippen molar-refractivity contribution in [3.05, 3.63) is 11.1 Å². The van der Waals surface area contributed by atoms with E-state index in [1.165, 1.54) is 24.0 Å². The molecule has 2 aliphatic carbocycles. The summed E-state index contributed by atoms with van der Waals surface area (Å²) in [6.07, 6.45) is 2.41. The zero-order valence-electron chi connectivity index (χ0n) is 6.59. The fourth-order valence-corrected chi connectivity index (χ4v) is 2.51. The van der Waals surface area contributed by atoms with Gasteiger partial charge in [0.25, 0.3) is 0 Å². The molecule has 0 heterocycles. The average Bonchev–Trinajstić information content (AvgIpc) is 2.34. The minimum atomic E-state index is -0.0278. The van der Waals surface area contributed by atoms with Gasteiger partial charge in [-0.3, -0.25) is 0 Å². The van der Waals surface area contributed by atoms with Crippen LogP contribution in [0.15, 0.2) is 11.1 Å². The Morgan fingerprint density at radius 1 is 1.10 bits per heavy atom. The Hall–Kier alpha value is -0.300. The van der Waals surface area contributed by atoms with Crippen molar-refractivity contribution in [2.45, 2.75) is 32.8 Å². The van der Waals surface area contributed by atoms with Crippen LogP contribution in [0.4, 0.5) is 0 Å². The van der Waals surface area contributed by atoms with Crippen molar-refractivity contribution in [2.24, 2.45) is 11.8 Å². The third kappa shape index (κ3) is 0.567. The van der Waals surface area contributed by atoms with Crippen molar-refractivity contribution < 1.29 is 5.11 Å². The quantitative estimate of drug-likeness (QED) is 0.505. The maximum atomic E-state index is 9.63. The molecule has 1 unspecified atom stereocenters. The van der Waals surface area contributed by atoms with E-state index in [0.717, 1.165) is 0 Å². The molecule has 2 aliphatic rings. The standard InChI is InChI=1S/C9H14O/c1-5-6(2)8-4-3-7(5)9(8)10/h7-10H,3-4H2,1-2H3/t7-,8+,9?. The van der Waals surface area contributed by atoms with Crippen molar-refractivity contribution in [1.29, 1.82) is 0 Å². The van der Waals surface area contributed by atoms with E-state index in [-0.39, 0.29) is 6.10 Å². The normalized spacial score (nSPS) is 45.3. The highest BCUT2D eigenvalue weighted by Crippen LogP contribution is 2.47. The van der Waals surface area contributed by atoms with Crippen molar-refractivity contribution in [3.63, 3.8) is 0 Å². The van der Waals surface area contributed by atoms with E-state index in [2.05, 4.69) is 13.8 Å². The van der Waals surface area contributed by atoms with E-state index in [9.17, 15) is 5.11 Å². The molecule has 1 nitrogen and oxygen atoms in total. The van der Waals surface area contributed by atoms with Gasteiger partial charge < -0.3 is 5.11 Å². The van der Waals surface area contributed by atoms with Crippen LogP contribution < -0.4 is 0 Å². The molecule has 0 spiro atoms. The molecule has 10 heavy (non-hydrogen) atoms. The molecular weight excluding hydrogens is 124 g/mol. The number of rotatable bonds is 0. The first kappa shape index (κ1) is 6.41. The van der Waals surface area contributed by atoms with Crippen LogP contribution in [-0.4, -0.2) is 11.2 Å². The first-order valence-corrected chi connectivity index (χ1v) is 4.07. The van der Waals surface area contributed by atoms with Crippen molar-refractivity contribution >= 4 is 0 Å². The molecule has 0 radical (unpaired) electrons. The fourth-order valence-electron chi connectivity index (χ4n) is 2.51. The van der Waals surface area contributed by atoms with Gasteiger partial charge >= 0.3 is 0 Å². The van der Waals surface area contributed by atoms with Gasteiger partial charge in [-0.05, 0) is 26.7 Å². The minimum Gasteiger partial charge on any atom is -0.392 e. The van der Waals surface area contributed by atoms with Crippen LogP contribution in [0, 0.1) is 11.8 Å². The zero-order chi connectivity index (χ0) is 7.30. The number of fused-ring (bicyclic) bond motifs is 2. The van der Waals surface area contributed by atoms with Gasteiger partial charge in [0.1, 0.15) is 0 Å². The number of aliphatic hydroxyl groups is 1. The summed E-state index contributed by atoms with van der Waals surface area (Å²) in [5, 5.41) is 9.63. The molecule has 0 aromatic heterocycles.